The van der Waals surface area contributed by atoms with E-state index in [1.54, 1.807) is 25.3 Å². The zero-order valence-corrected chi connectivity index (χ0v) is 8.30. The summed E-state index contributed by atoms with van der Waals surface area (Å²) in [7, 11) is 1.68. The number of methoxy groups -OCH3 is 1. The Morgan fingerprint density at radius 2 is 2.23 bits per heavy atom. The highest BCUT2D eigenvalue weighted by atomic mass is 35.5. The number of rotatable bonds is 5. The summed E-state index contributed by atoms with van der Waals surface area (Å²) >= 11 is 5.69. The van der Waals surface area contributed by atoms with Gasteiger partial charge in [-0.15, -0.1) is 0 Å². The smallest absolute Gasteiger partial charge is 0.127 e. The highest BCUT2D eigenvalue weighted by Gasteiger charge is 1.93. The zero-order chi connectivity index (χ0) is 9.52. The minimum Gasteiger partial charge on any atom is -0.493 e. The third kappa shape index (κ3) is 4.15. The number of hydrogen-bond acceptors (Lipinski definition) is 2. The van der Waals surface area contributed by atoms with Gasteiger partial charge in [-0.25, -0.2) is 0 Å². The van der Waals surface area contributed by atoms with Crippen LogP contribution in [-0.2, 0) is 4.74 Å². The van der Waals surface area contributed by atoms with Gasteiger partial charge >= 0.3 is 0 Å². The summed E-state index contributed by atoms with van der Waals surface area (Å²) in [6.07, 6.45) is 0.882. The molecule has 0 fully saturated rings. The summed E-state index contributed by atoms with van der Waals surface area (Å²) < 4.78 is 10.3. The van der Waals surface area contributed by atoms with Gasteiger partial charge in [-0.3, -0.25) is 0 Å². The van der Waals surface area contributed by atoms with Gasteiger partial charge in [0.25, 0.3) is 0 Å². The Kier molecular flexibility index (Phi) is 4.65. The summed E-state index contributed by atoms with van der Waals surface area (Å²) in [4.78, 5) is 0. The minimum atomic E-state index is 0.645. The topological polar surface area (TPSA) is 18.5 Å². The van der Waals surface area contributed by atoms with Crippen molar-refractivity contribution in [3.05, 3.63) is 29.3 Å². The van der Waals surface area contributed by atoms with Crippen LogP contribution >= 0.6 is 11.6 Å². The number of ether oxygens (including phenoxy) is 2. The van der Waals surface area contributed by atoms with Gasteiger partial charge in [-0.1, -0.05) is 11.6 Å². The second-order valence-corrected chi connectivity index (χ2v) is 3.00. The molecule has 0 bridgehead atoms. The summed E-state index contributed by atoms with van der Waals surface area (Å²) in [5, 5.41) is 0.671. The maximum atomic E-state index is 5.69. The Balaban J connectivity index is 2.25. The Hall–Kier alpha value is -0.730. The highest BCUT2D eigenvalue weighted by molar-refractivity contribution is 6.30. The maximum absolute atomic E-state index is 5.69. The van der Waals surface area contributed by atoms with E-state index < -0.39 is 0 Å². The van der Waals surface area contributed by atoms with Crippen LogP contribution in [0.3, 0.4) is 0 Å². The molecule has 0 aliphatic heterocycles. The lowest BCUT2D eigenvalue weighted by atomic mass is 10.3. The molecule has 0 aromatic heterocycles. The molecule has 0 aliphatic rings. The van der Waals surface area contributed by atoms with Crippen LogP contribution in [0.1, 0.15) is 6.42 Å². The van der Waals surface area contributed by atoms with Crippen molar-refractivity contribution in [3.8, 4) is 5.75 Å². The molecule has 13 heavy (non-hydrogen) atoms. The van der Waals surface area contributed by atoms with E-state index in [2.05, 4.69) is 6.07 Å². The van der Waals surface area contributed by atoms with Gasteiger partial charge in [0.1, 0.15) is 5.75 Å². The Labute approximate surface area is 83.4 Å². The molecule has 71 valence electrons. The second kappa shape index (κ2) is 5.84. The van der Waals surface area contributed by atoms with Crippen LogP contribution in [0.25, 0.3) is 0 Å². The number of benzene rings is 1. The first-order valence-corrected chi connectivity index (χ1v) is 4.49. The Bertz CT molecular complexity index is 233. The molecule has 1 radical (unpaired) electrons. The first-order chi connectivity index (χ1) is 6.33. The average molecular weight is 200 g/mol. The summed E-state index contributed by atoms with van der Waals surface area (Å²) in [5.74, 6) is 0.723. The van der Waals surface area contributed by atoms with E-state index in [9.17, 15) is 0 Å². The first-order valence-electron chi connectivity index (χ1n) is 4.12. The van der Waals surface area contributed by atoms with Crippen molar-refractivity contribution in [2.24, 2.45) is 0 Å². The quantitative estimate of drug-likeness (QED) is 0.679. The lowest BCUT2D eigenvalue weighted by molar-refractivity contribution is 0.172. The third-order valence-electron chi connectivity index (χ3n) is 1.50. The van der Waals surface area contributed by atoms with Gasteiger partial charge in [0, 0.05) is 31.2 Å². The van der Waals surface area contributed by atoms with Crippen molar-refractivity contribution in [3.63, 3.8) is 0 Å². The van der Waals surface area contributed by atoms with Gasteiger partial charge in [0.2, 0.25) is 0 Å². The monoisotopic (exact) mass is 199 g/mol. The molecule has 3 heteroatoms. The molecule has 0 aliphatic carbocycles. The van der Waals surface area contributed by atoms with E-state index in [0.29, 0.717) is 18.2 Å². The predicted molar refractivity (Wildman–Crippen MR) is 52.3 cm³/mol. The normalized spacial score (nSPS) is 10.0. The minimum absolute atomic E-state index is 0.645. The number of hydrogen-bond donors (Lipinski definition) is 0. The molecule has 2 nitrogen and oxygen atoms in total. The van der Waals surface area contributed by atoms with E-state index >= 15 is 0 Å². The van der Waals surface area contributed by atoms with Crippen molar-refractivity contribution in [1.29, 1.82) is 0 Å². The SMILES string of the molecule is COCCCOc1[c]cc(Cl)cc1. The van der Waals surface area contributed by atoms with Gasteiger partial charge in [-0.05, 0) is 18.2 Å². The average Bonchev–Trinajstić information content (AvgIpc) is 2.15. The molecule has 0 amide bonds. The summed E-state index contributed by atoms with van der Waals surface area (Å²) in [6.45, 7) is 1.36. The van der Waals surface area contributed by atoms with Crippen LogP contribution in [0.5, 0.6) is 5.75 Å². The van der Waals surface area contributed by atoms with Crippen molar-refractivity contribution in [2.75, 3.05) is 20.3 Å². The van der Waals surface area contributed by atoms with Crippen molar-refractivity contribution >= 4 is 11.6 Å². The Morgan fingerprint density at radius 3 is 2.85 bits per heavy atom. The molecule has 0 saturated carbocycles. The maximum Gasteiger partial charge on any atom is 0.127 e. The lowest BCUT2D eigenvalue weighted by Gasteiger charge is -2.04. The molecule has 1 aromatic carbocycles. The van der Waals surface area contributed by atoms with Crippen molar-refractivity contribution < 1.29 is 9.47 Å². The summed E-state index contributed by atoms with van der Waals surface area (Å²) in [6, 6.07) is 8.19. The second-order valence-electron chi connectivity index (χ2n) is 2.57. The van der Waals surface area contributed by atoms with E-state index in [-0.39, 0.29) is 0 Å². The lowest BCUT2D eigenvalue weighted by Crippen LogP contribution is -2.01. The highest BCUT2D eigenvalue weighted by Crippen LogP contribution is 2.14. The predicted octanol–water partition coefficient (Wildman–Crippen LogP) is 2.56. The van der Waals surface area contributed by atoms with Crippen LogP contribution < -0.4 is 4.74 Å². The molecule has 1 aromatic rings. The van der Waals surface area contributed by atoms with Crippen LogP contribution in [0.2, 0.25) is 5.02 Å². The molecular formula is C10H12ClO2. The molecule has 0 heterocycles. The fraction of sp³-hybridized carbons (Fsp3) is 0.400. The molecule has 0 atom stereocenters. The van der Waals surface area contributed by atoms with E-state index in [0.717, 1.165) is 12.2 Å². The van der Waals surface area contributed by atoms with Crippen LogP contribution in [-0.4, -0.2) is 20.3 Å². The molecule has 1 rings (SSSR count). The third-order valence-corrected chi connectivity index (χ3v) is 1.73. The first kappa shape index (κ1) is 10.4. The zero-order valence-electron chi connectivity index (χ0n) is 7.55. The summed E-state index contributed by atoms with van der Waals surface area (Å²) in [5.41, 5.74) is 0. The number of halogens is 1. The largest absolute Gasteiger partial charge is 0.493 e. The molecule has 0 spiro atoms. The standard InChI is InChI=1S/C10H12ClO2/c1-12-7-2-8-13-10-5-3-9(11)4-6-10/h3-5H,2,7-8H2,1H3. The van der Waals surface area contributed by atoms with Gasteiger partial charge in [-0.2, -0.15) is 0 Å². The van der Waals surface area contributed by atoms with E-state index in [1.807, 2.05) is 0 Å². The Morgan fingerprint density at radius 1 is 1.38 bits per heavy atom. The molecular weight excluding hydrogens is 188 g/mol. The fourth-order valence-corrected chi connectivity index (χ4v) is 0.984. The fourth-order valence-electron chi connectivity index (χ4n) is 0.867. The van der Waals surface area contributed by atoms with Crippen LogP contribution in [0.15, 0.2) is 18.2 Å². The van der Waals surface area contributed by atoms with E-state index in [1.165, 1.54) is 0 Å². The molecule has 0 saturated heterocycles. The van der Waals surface area contributed by atoms with Crippen molar-refractivity contribution in [2.45, 2.75) is 6.42 Å². The van der Waals surface area contributed by atoms with Gasteiger partial charge in [0.05, 0.1) is 6.61 Å². The van der Waals surface area contributed by atoms with Crippen molar-refractivity contribution in [1.82, 2.24) is 0 Å². The van der Waals surface area contributed by atoms with E-state index in [4.69, 9.17) is 21.1 Å². The van der Waals surface area contributed by atoms with Gasteiger partial charge in [0.15, 0.2) is 0 Å². The molecule has 0 unspecified atom stereocenters. The van der Waals surface area contributed by atoms with Crippen LogP contribution in [0, 0.1) is 6.07 Å². The van der Waals surface area contributed by atoms with Gasteiger partial charge < -0.3 is 9.47 Å². The van der Waals surface area contributed by atoms with Crippen LogP contribution in [0.4, 0.5) is 0 Å². The molecule has 0 N–H and O–H groups in total.